The number of Topliss-reactive ketones (excluding diaryl/α,β-unsaturated/α-hetero) is 1. The van der Waals surface area contributed by atoms with E-state index in [9.17, 15) is 9.59 Å². The first-order chi connectivity index (χ1) is 12.8. The van der Waals surface area contributed by atoms with Crippen LogP contribution in [-0.2, 0) is 4.79 Å². The molecule has 0 aliphatic heterocycles. The van der Waals surface area contributed by atoms with Gasteiger partial charge in [0.15, 0.2) is 5.78 Å². The molecule has 0 bridgehead atoms. The van der Waals surface area contributed by atoms with Gasteiger partial charge in [-0.2, -0.15) is 0 Å². The molecule has 1 atom stereocenters. The predicted octanol–water partition coefficient (Wildman–Crippen LogP) is 5.17. The van der Waals surface area contributed by atoms with Crippen LogP contribution in [0.4, 0.5) is 5.69 Å². The second-order valence-electron chi connectivity index (χ2n) is 6.63. The van der Waals surface area contributed by atoms with Crippen LogP contribution in [-0.4, -0.2) is 21.9 Å². The van der Waals surface area contributed by atoms with Gasteiger partial charge in [-0.15, -0.1) is 0 Å². The molecule has 4 nitrogen and oxygen atoms in total. The first-order valence-electron chi connectivity index (χ1n) is 8.80. The minimum atomic E-state index is -0.259. The molecule has 1 heterocycles. The number of amides is 1. The molecule has 138 valence electrons. The summed E-state index contributed by atoms with van der Waals surface area (Å²) < 4.78 is 0. The van der Waals surface area contributed by atoms with Gasteiger partial charge >= 0.3 is 0 Å². The van der Waals surface area contributed by atoms with Crippen LogP contribution in [0, 0.1) is 13.8 Å². The Labute approximate surface area is 163 Å². The minimum Gasteiger partial charge on any atom is -0.326 e. The van der Waals surface area contributed by atoms with Crippen molar-refractivity contribution in [2.45, 2.75) is 38.0 Å². The fourth-order valence-corrected chi connectivity index (χ4v) is 3.98. The Kier molecular flexibility index (Phi) is 5.61. The Balaban J connectivity index is 1.79. The molecule has 27 heavy (non-hydrogen) atoms. The van der Waals surface area contributed by atoms with Crippen molar-refractivity contribution < 1.29 is 9.59 Å². The van der Waals surface area contributed by atoms with Crippen LogP contribution in [0.3, 0.4) is 0 Å². The smallest absolute Gasteiger partial charge is 0.221 e. The molecule has 1 aromatic heterocycles. The van der Waals surface area contributed by atoms with Crippen molar-refractivity contribution in [3.05, 3.63) is 65.2 Å². The number of nitrogens with zero attached hydrogens (tertiary/aromatic N) is 1. The summed E-state index contributed by atoms with van der Waals surface area (Å²) in [7, 11) is 0. The van der Waals surface area contributed by atoms with Gasteiger partial charge in [0, 0.05) is 23.6 Å². The molecule has 0 radical (unpaired) electrons. The number of fused-ring (bicyclic) bond motifs is 1. The third kappa shape index (κ3) is 4.37. The minimum absolute atomic E-state index is 0.0405. The quantitative estimate of drug-likeness (QED) is 0.491. The van der Waals surface area contributed by atoms with Crippen molar-refractivity contribution >= 4 is 40.0 Å². The molecule has 1 amide bonds. The van der Waals surface area contributed by atoms with E-state index in [2.05, 4.69) is 31.3 Å². The van der Waals surface area contributed by atoms with Crippen molar-refractivity contribution in [3.8, 4) is 0 Å². The Bertz CT molecular complexity index is 1010. The number of thioether (sulfide) groups is 1. The summed E-state index contributed by atoms with van der Waals surface area (Å²) in [6, 6.07) is 15.2. The van der Waals surface area contributed by atoms with E-state index in [-0.39, 0.29) is 16.9 Å². The molecule has 2 aromatic carbocycles. The van der Waals surface area contributed by atoms with Gasteiger partial charge in [-0.3, -0.25) is 9.59 Å². The molecule has 0 aliphatic carbocycles. The zero-order valence-corrected chi connectivity index (χ0v) is 16.7. The van der Waals surface area contributed by atoms with Gasteiger partial charge in [-0.1, -0.05) is 30.0 Å². The van der Waals surface area contributed by atoms with E-state index in [0.717, 1.165) is 27.1 Å². The van der Waals surface area contributed by atoms with Crippen LogP contribution in [0.1, 0.15) is 35.3 Å². The number of aromatic nitrogens is 1. The van der Waals surface area contributed by atoms with Crippen molar-refractivity contribution in [1.29, 1.82) is 0 Å². The number of ketones is 1. The fraction of sp³-hybridized carbons (Fsp3) is 0.227. The number of para-hydroxylation sites is 1. The maximum absolute atomic E-state index is 12.8. The molecule has 5 heteroatoms. The first-order valence-corrected chi connectivity index (χ1v) is 9.68. The highest BCUT2D eigenvalue weighted by Gasteiger charge is 2.18. The molecule has 3 rings (SSSR count). The van der Waals surface area contributed by atoms with Gasteiger partial charge in [0.1, 0.15) is 0 Å². The molecule has 3 aromatic rings. The molecule has 0 spiro atoms. The lowest BCUT2D eigenvalue weighted by molar-refractivity contribution is -0.114. The third-order valence-electron chi connectivity index (χ3n) is 4.38. The Hall–Kier alpha value is -2.66. The van der Waals surface area contributed by atoms with Crippen LogP contribution in [0.15, 0.2) is 53.6 Å². The predicted molar refractivity (Wildman–Crippen MR) is 112 cm³/mol. The van der Waals surface area contributed by atoms with Gasteiger partial charge in [0.2, 0.25) is 5.91 Å². The van der Waals surface area contributed by atoms with Gasteiger partial charge in [0.25, 0.3) is 0 Å². The molecule has 0 aliphatic rings. The molecule has 0 saturated heterocycles. The third-order valence-corrected chi connectivity index (χ3v) is 5.40. The molecule has 0 fully saturated rings. The maximum Gasteiger partial charge on any atom is 0.221 e. The number of rotatable bonds is 5. The monoisotopic (exact) mass is 378 g/mol. The lowest BCUT2D eigenvalue weighted by Gasteiger charge is -2.13. The summed E-state index contributed by atoms with van der Waals surface area (Å²) >= 11 is 1.47. The molecule has 1 N–H and O–H groups in total. The van der Waals surface area contributed by atoms with E-state index in [4.69, 9.17) is 4.98 Å². The van der Waals surface area contributed by atoms with E-state index in [1.165, 1.54) is 18.7 Å². The number of pyridine rings is 1. The number of carbonyl (C=O) groups excluding carboxylic acids is 2. The number of anilines is 1. The van der Waals surface area contributed by atoms with E-state index < -0.39 is 0 Å². The number of benzene rings is 2. The standard InChI is InChI=1S/C22H22N2O2S/c1-13-6-5-7-19-14(2)12-20(24-21(13)19)27-15(3)22(26)17-8-10-18(11-9-17)23-16(4)25/h5-12,15H,1-4H3,(H,23,25)/t15-/m1/s1. The van der Waals surface area contributed by atoms with Crippen LogP contribution < -0.4 is 5.32 Å². The SMILES string of the molecule is CC(=O)Nc1ccc(C(=O)[C@@H](C)Sc2cc(C)c3cccc(C)c3n2)cc1. The number of nitrogens with one attached hydrogen (secondary N) is 1. The summed E-state index contributed by atoms with van der Waals surface area (Å²) in [6.07, 6.45) is 0. The van der Waals surface area contributed by atoms with Gasteiger partial charge in [-0.05, 0) is 62.2 Å². The van der Waals surface area contributed by atoms with Crippen LogP contribution in [0.2, 0.25) is 0 Å². The lowest BCUT2D eigenvalue weighted by atomic mass is 10.1. The van der Waals surface area contributed by atoms with Crippen LogP contribution in [0.25, 0.3) is 10.9 Å². The number of carbonyl (C=O) groups is 2. The second kappa shape index (κ2) is 7.92. The lowest BCUT2D eigenvalue weighted by Crippen LogP contribution is -2.14. The van der Waals surface area contributed by atoms with Crippen molar-refractivity contribution in [2.24, 2.45) is 0 Å². The maximum atomic E-state index is 12.8. The fourth-order valence-electron chi connectivity index (χ4n) is 2.98. The average Bonchev–Trinajstić information content (AvgIpc) is 2.62. The normalized spacial score (nSPS) is 12.0. The highest BCUT2D eigenvalue weighted by molar-refractivity contribution is 8.00. The van der Waals surface area contributed by atoms with E-state index in [1.54, 1.807) is 24.3 Å². The van der Waals surface area contributed by atoms with Crippen molar-refractivity contribution in [2.75, 3.05) is 5.32 Å². The summed E-state index contributed by atoms with van der Waals surface area (Å²) in [5.41, 5.74) is 4.58. The van der Waals surface area contributed by atoms with Gasteiger partial charge in [-0.25, -0.2) is 4.98 Å². The Morgan fingerprint density at radius 3 is 2.41 bits per heavy atom. The molecular weight excluding hydrogens is 356 g/mol. The summed E-state index contributed by atoms with van der Waals surface area (Å²) in [6.45, 7) is 7.47. The van der Waals surface area contributed by atoms with Gasteiger partial charge in [0.05, 0.1) is 15.8 Å². The largest absolute Gasteiger partial charge is 0.326 e. The van der Waals surface area contributed by atoms with Gasteiger partial charge < -0.3 is 5.32 Å². The second-order valence-corrected chi connectivity index (χ2v) is 7.99. The van der Waals surface area contributed by atoms with Crippen molar-refractivity contribution in [1.82, 2.24) is 4.98 Å². The topological polar surface area (TPSA) is 59.1 Å². The molecular formula is C22H22N2O2S. The number of aryl methyl sites for hydroxylation is 2. The Morgan fingerprint density at radius 2 is 1.74 bits per heavy atom. The van der Waals surface area contributed by atoms with E-state index in [1.807, 2.05) is 19.1 Å². The van der Waals surface area contributed by atoms with E-state index in [0.29, 0.717) is 11.3 Å². The molecule has 0 saturated carbocycles. The zero-order valence-electron chi connectivity index (χ0n) is 15.9. The number of hydrogen-bond donors (Lipinski definition) is 1. The highest BCUT2D eigenvalue weighted by Crippen LogP contribution is 2.29. The average molecular weight is 378 g/mol. The summed E-state index contributed by atoms with van der Waals surface area (Å²) in [4.78, 5) is 28.6. The number of hydrogen-bond acceptors (Lipinski definition) is 4. The summed E-state index contributed by atoms with van der Waals surface area (Å²) in [5, 5.41) is 4.44. The first kappa shape index (κ1) is 19.1. The highest BCUT2D eigenvalue weighted by atomic mass is 32.2. The zero-order chi connectivity index (χ0) is 19.6. The van der Waals surface area contributed by atoms with E-state index >= 15 is 0 Å². The summed E-state index contributed by atoms with van der Waals surface area (Å²) in [5.74, 6) is -0.0928. The molecule has 0 unspecified atom stereocenters. The Morgan fingerprint density at radius 1 is 1.04 bits per heavy atom. The van der Waals surface area contributed by atoms with Crippen molar-refractivity contribution in [3.63, 3.8) is 0 Å². The van der Waals surface area contributed by atoms with Crippen LogP contribution >= 0.6 is 11.8 Å². The van der Waals surface area contributed by atoms with Crippen LogP contribution in [0.5, 0.6) is 0 Å².